The molecule has 3 aliphatic rings. The highest BCUT2D eigenvalue weighted by Gasteiger charge is 2.49. The van der Waals surface area contributed by atoms with Crippen LogP contribution in [0.2, 0.25) is 0 Å². The van der Waals surface area contributed by atoms with Crippen molar-refractivity contribution < 1.29 is 9.18 Å². The number of para-hydroxylation sites is 1. The Hall–Kier alpha value is -4.24. The van der Waals surface area contributed by atoms with E-state index in [1.165, 1.54) is 6.07 Å². The number of carbonyl (C=O) groups excluding carboxylic acids is 1. The third-order valence-electron chi connectivity index (χ3n) is 7.59. The van der Waals surface area contributed by atoms with Gasteiger partial charge in [-0.25, -0.2) is 14.7 Å². The van der Waals surface area contributed by atoms with Gasteiger partial charge in [0, 0.05) is 18.3 Å². The summed E-state index contributed by atoms with van der Waals surface area (Å²) in [5.74, 6) is 1.39. The van der Waals surface area contributed by atoms with E-state index in [2.05, 4.69) is 15.2 Å². The van der Waals surface area contributed by atoms with Gasteiger partial charge in [0.25, 0.3) is 5.91 Å². The third kappa shape index (κ3) is 4.23. The van der Waals surface area contributed by atoms with E-state index in [-0.39, 0.29) is 30.4 Å². The average Bonchev–Trinajstić information content (AvgIpc) is 3.62. The molecular formula is C29H27ClFN7O. The van der Waals surface area contributed by atoms with Crippen LogP contribution in [0, 0.1) is 5.95 Å². The number of guanidine groups is 1. The first-order valence-corrected chi connectivity index (χ1v) is 12.9. The zero-order valence-corrected chi connectivity index (χ0v) is 22.1. The highest BCUT2D eigenvalue weighted by atomic mass is 35.5. The summed E-state index contributed by atoms with van der Waals surface area (Å²) in [6, 6.07) is 22.8. The van der Waals surface area contributed by atoms with Crippen LogP contribution in [0.5, 0.6) is 0 Å². The van der Waals surface area contributed by atoms with Crippen LogP contribution in [0.4, 0.5) is 21.7 Å². The molecule has 0 unspecified atom stereocenters. The first-order chi connectivity index (χ1) is 18.6. The normalized spacial score (nSPS) is 19.2. The van der Waals surface area contributed by atoms with Crippen LogP contribution >= 0.6 is 12.4 Å². The number of anilines is 3. The second-order valence-electron chi connectivity index (χ2n) is 9.97. The van der Waals surface area contributed by atoms with E-state index in [0.29, 0.717) is 35.4 Å². The molecule has 2 aromatic carbocycles. The number of pyridine rings is 1. The van der Waals surface area contributed by atoms with Gasteiger partial charge in [0.2, 0.25) is 11.9 Å². The number of rotatable bonds is 5. The van der Waals surface area contributed by atoms with E-state index < -0.39 is 5.95 Å². The molecule has 0 spiro atoms. The molecule has 0 saturated heterocycles. The van der Waals surface area contributed by atoms with Crippen molar-refractivity contribution in [3.05, 3.63) is 89.9 Å². The molecule has 2 atom stereocenters. The van der Waals surface area contributed by atoms with Gasteiger partial charge < -0.3 is 5.32 Å². The Morgan fingerprint density at radius 1 is 1.00 bits per heavy atom. The van der Waals surface area contributed by atoms with E-state index in [0.717, 1.165) is 36.1 Å². The van der Waals surface area contributed by atoms with E-state index in [9.17, 15) is 9.18 Å². The predicted octanol–water partition coefficient (Wildman–Crippen LogP) is 5.48. The number of hydrogen-bond donors (Lipinski definition) is 1. The number of hydrogen-bond acceptors (Lipinski definition) is 6. The first-order valence-electron chi connectivity index (χ1n) is 12.9. The molecule has 4 heterocycles. The molecule has 7 rings (SSSR count). The van der Waals surface area contributed by atoms with Crippen molar-refractivity contribution in [1.82, 2.24) is 19.7 Å². The highest BCUT2D eigenvalue weighted by molar-refractivity contribution is 6.21. The van der Waals surface area contributed by atoms with E-state index in [1.807, 2.05) is 59.3 Å². The number of amides is 1. The van der Waals surface area contributed by atoms with Gasteiger partial charge in [-0.2, -0.15) is 9.49 Å². The average molecular weight is 544 g/mol. The summed E-state index contributed by atoms with van der Waals surface area (Å²) in [5.41, 5.74) is 3.84. The van der Waals surface area contributed by atoms with Crippen molar-refractivity contribution in [2.75, 3.05) is 17.3 Å². The van der Waals surface area contributed by atoms with Crippen molar-refractivity contribution in [2.45, 2.75) is 37.9 Å². The molecule has 2 aromatic heterocycles. The molecule has 0 bridgehead atoms. The minimum Gasteiger partial charge on any atom is -0.340 e. The van der Waals surface area contributed by atoms with Crippen LogP contribution in [0.15, 0.2) is 77.8 Å². The molecule has 39 heavy (non-hydrogen) atoms. The fraction of sp³-hybridized carbons (Fsp3) is 0.241. The maximum atomic E-state index is 13.7. The van der Waals surface area contributed by atoms with E-state index in [4.69, 9.17) is 10.1 Å². The third-order valence-corrected chi connectivity index (χ3v) is 7.59. The quantitative estimate of drug-likeness (QED) is 0.337. The highest BCUT2D eigenvalue weighted by Crippen LogP contribution is 2.43. The number of nitrogens with one attached hydrogen (secondary N) is 1. The van der Waals surface area contributed by atoms with Crippen LogP contribution < -0.4 is 10.2 Å². The topological polar surface area (TPSA) is 78.7 Å². The summed E-state index contributed by atoms with van der Waals surface area (Å²) in [6.45, 7) is 0.449. The van der Waals surface area contributed by atoms with Crippen molar-refractivity contribution >= 4 is 41.6 Å². The van der Waals surface area contributed by atoms with Gasteiger partial charge in [-0.05, 0) is 49.1 Å². The standard InChI is InChI=1S/C29H26FN7O.ClH/c1-35-28(38)25-26(31-20-7-3-2-4-8-20)36(34-27(25)37-23-11-5-10-22(23)33-29(35)37)17-18-13-15-19(16-14-18)21-9-6-12-24(30)32-21;/h2-4,6-9,12-16,22-23,31H,5,10-11,17H2,1H3;1H/t22-,23+;/m1./s1. The summed E-state index contributed by atoms with van der Waals surface area (Å²) in [7, 11) is 1.79. The lowest BCUT2D eigenvalue weighted by molar-refractivity contribution is 0.0866. The lowest BCUT2D eigenvalue weighted by Crippen LogP contribution is -2.51. The minimum absolute atomic E-state index is 0. The maximum Gasteiger partial charge on any atom is 0.267 e. The molecule has 8 nitrogen and oxygen atoms in total. The number of aliphatic imine (C=N–C) groups is 1. The van der Waals surface area contributed by atoms with E-state index in [1.54, 1.807) is 24.1 Å². The molecule has 1 amide bonds. The molecule has 1 aliphatic carbocycles. The largest absolute Gasteiger partial charge is 0.340 e. The Morgan fingerprint density at radius 3 is 2.56 bits per heavy atom. The zero-order valence-electron chi connectivity index (χ0n) is 21.3. The number of fused-ring (bicyclic) bond motifs is 5. The van der Waals surface area contributed by atoms with Gasteiger partial charge in [0.1, 0.15) is 11.4 Å². The van der Waals surface area contributed by atoms with Crippen LogP contribution in [0.1, 0.15) is 35.2 Å². The van der Waals surface area contributed by atoms with Crippen LogP contribution in [-0.4, -0.2) is 50.7 Å². The molecule has 4 aromatic rings. The van der Waals surface area contributed by atoms with Crippen molar-refractivity contribution in [3.63, 3.8) is 0 Å². The molecule has 1 saturated carbocycles. The summed E-state index contributed by atoms with van der Waals surface area (Å²) in [4.78, 5) is 26.4. The molecule has 0 radical (unpaired) electrons. The second kappa shape index (κ2) is 9.81. The van der Waals surface area contributed by atoms with Crippen molar-refractivity contribution in [3.8, 4) is 11.3 Å². The molecule has 10 heteroatoms. The number of halogens is 2. The number of carbonyl (C=O) groups is 1. The molecule has 2 aliphatic heterocycles. The van der Waals surface area contributed by atoms with Crippen LogP contribution in [0.3, 0.4) is 0 Å². The van der Waals surface area contributed by atoms with Crippen LogP contribution in [-0.2, 0) is 6.54 Å². The smallest absolute Gasteiger partial charge is 0.267 e. The molecule has 1 N–H and O–H groups in total. The molecule has 1 fully saturated rings. The number of nitrogens with zero attached hydrogens (tertiary/aromatic N) is 6. The van der Waals surface area contributed by atoms with Gasteiger partial charge in [-0.15, -0.1) is 12.4 Å². The minimum atomic E-state index is -0.505. The SMILES string of the molecule is CN1C(=O)c2c(nn(Cc3ccc(-c4cccc(F)n4)cc3)c2Nc2ccccc2)N2C1=N[C@@H]1CCC[C@@H]12.Cl. The van der Waals surface area contributed by atoms with Gasteiger partial charge in [-0.1, -0.05) is 48.5 Å². The van der Waals surface area contributed by atoms with Gasteiger partial charge in [0.15, 0.2) is 5.82 Å². The van der Waals surface area contributed by atoms with Gasteiger partial charge in [-0.3, -0.25) is 14.6 Å². The molecular weight excluding hydrogens is 517 g/mol. The lowest BCUT2D eigenvalue weighted by atomic mass is 10.1. The Bertz CT molecular complexity index is 1570. The fourth-order valence-electron chi connectivity index (χ4n) is 5.73. The van der Waals surface area contributed by atoms with Crippen molar-refractivity contribution in [2.24, 2.45) is 4.99 Å². The van der Waals surface area contributed by atoms with Crippen molar-refractivity contribution in [1.29, 1.82) is 0 Å². The summed E-state index contributed by atoms with van der Waals surface area (Å²) < 4.78 is 15.5. The second-order valence-corrected chi connectivity index (χ2v) is 9.97. The molecule has 198 valence electrons. The monoisotopic (exact) mass is 543 g/mol. The summed E-state index contributed by atoms with van der Waals surface area (Å²) in [6.07, 6.45) is 3.19. The number of aromatic nitrogens is 3. The van der Waals surface area contributed by atoms with E-state index >= 15 is 0 Å². The van der Waals surface area contributed by atoms with Gasteiger partial charge in [0.05, 0.1) is 24.3 Å². The van der Waals surface area contributed by atoms with Gasteiger partial charge >= 0.3 is 0 Å². The lowest BCUT2D eigenvalue weighted by Gasteiger charge is -2.34. The Kier molecular flexibility index (Phi) is 6.31. The Balaban J connectivity index is 0.00000277. The maximum absolute atomic E-state index is 13.7. The summed E-state index contributed by atoms with van der Waals surface area (Å²) in [5, 5.41) is 8.48. The summed E-state index contributed by atoms with van der Waals surface area (Å²) >= 11 is 0. The fourth-order valence-corrected chi connectivity index (χ4v) is 5.73. The zero-order chi connectivity index (χ0) is 25.8. The number of benzene rings is 2. The first kappa shape index (κ1) is 25.1. The predicted molar refractivity (Wildman–Crippen MR) is 151 cm³/mol. The Labute approximate surface area is 231 Å². The Morgan fingerprint density at radius 2 is 1.79 bits per heavy atom. The van der Waals surface area contributed by atoms with Crippen LogP contribution in [0.25, 0.3) is 11.3 Å².